The van der Waals surface area contributed by atoms with E-state index < -0.39 is 0 Å². The summed E-state index contributed by atoms with van der Waals surface area (Å²) < 4.78 is 7.08. The first-order valence-electron chi connectivity index (χ1n) is 9.47. The van der Waals surface area contributed by atoms with E-state index in [4.69, 9.17) is 16.3 Å². The highest BCUT2D eigenvalue weighted by Gasteiger charge is 2.24. The Morgan fingerprint density at radius 3 is 2.71 bits per heavy atom. The van der Waals surface area contributed by atoms with Gasteiger partial charge in [-0.2, -0.15) is 0 Å². The topological polar surface area (TPSA) is 54.5 Å². The Morgan fingerprint density at radius 2 is 1.96 bits per heavy atom. The maximum atomic E-state index is 12.4. The highest BCUT2D eigenvalue weighted by molar-refractivity contribution is 7.20. The number of carbonyl (C=O) groups excluding carboxylic acids is 1. The summed E-state index contributed by atoms with van der Waals surface area (Å²) in [6.07, 6.45) is 2.52. The van der Waals surface area contributed by atoms with Crippen molar-refractivity contribution in [3.8, 4) is 5.19 Å². The Balaban J connectivity index is 1.23. The number of fused-ring (bicyclic) bond motifs is 1. The fourth-order valence-corrected chi connectivity index (χ4v) is 4.52. The van der Waals surface area contributed by atoms with E-state index in [1.807, 2.05) is 41.3 Å². The Labute approximate surface area is 173 Å². The lowest BCUT2D eigenvalue weighted by Gasteiger charge is -2.31. The summed E-state index contributed by atoms with van der Waals surface area (Å²) in [5.74, 6) is 0. The molecule has 1 fully saturated rings. The molecule has 2 amide bonds. The molecule has 5 nitrogen and oxygen atoms in total. The second-order valence-electron chi connectivity index (χ2n) is 6.84. The zero-order valence-electron chi connectivity index (χ0n) is 15.4. The fourth-order valence-electron chi connectivity index (χ4n) is 3.33. The molecule has 0 saturated carbocycles. The number of nitrogens with one attached hydrogen (secondary N) is 1. The molecule has 28 heavy (non-hydrogen) atoms. The Hall–Kier alpha value is -2.31. The predicted molar refractivity (Wildman–Crippen MR) is 113 cm³/mol. The van der Waals surface area contributed by atoms with Crippen molar-refractivity contribution in [3.63, 3.8) is 0 Å². The molecule has 2 aromatic carbocycles. The Kier molecular flexibility index (Phi) is 5.98. The van der Waals surface area contributed by atoms with Crippen LogP contribution in [0, 0.1) is 0 Å². The number of carbonyl (C=O) groups is 1. The average Bonchev–Trinajstić information content (AvgIpc) is 3.13. The lowest BCUT2D eigenvalue weighted by molar-refractivity contribution is 0.111. The third kappa shape index (κ3) is 4.56. The first kappa shape index (κ1) is 19.0. The van der Waals surface area contributed by atoms with Crippen LogP contribution in [0.15, 0.2) is 48.5 Å². The SMILES string of the molecule is O=C(NCCc1ccccc1)N1CCC(Oc2nc3c(Cl)cccc3s2)CC1. The molecule has 1 aliphatic heterocycles. The molecule has 0 radical (unpaired) electrons. The zero-order valence-corrected chi connectivity index (χ0v) is 17.0. The summed E-state index contributed by atoms with van der Waals surface area (Å²) in [5, 5.41) is 4.30. The molecule has 1 aromatic heterocycles. The van der Waals surface area contributed by atoms with Crippen LogP contribution in [0.1, 0.15) is 18.4 Å². The lowest BCUT2D eigenvalue weighted by Crippen LogP contribution is -2.46. The standard InChI is InChI=1S/C21H22ClN3O2S/c22-17-7-4-8-18-19(17)24-21(28-18)27-16-10-13-25(14-11-16)20(26)23-12-9-15-5-2-1-3-6-15/h1-8,16H,9-14H2,(H,23,26). The molecule has 0 aliphatic carbocycles. The third-order valence-corrected chi connectivity index (χ3v) is 6.10. The number of urea groups is 1. The first-order valence-corrected chi connectivity index (χ1v) is 10.7. The van der Waals surface area contributed by atoms with Crippen LogP contribution in [0.2, 0.25) is 5.02 Å². The number of para-hydroxylation sites is 1. The quantitative estimate of drug-likeness (QED) is 0.654. The number of piperidine rings is 1. The number of halogens is 1. The number of hydrogen-bond acceptors (Lipinski definition) is 4. The van der Waals surface area contributed by atoms with Crippen LogP contribution in [0.25, 0.3) is 10.2 Å². The molecular formula is C21H22ClN3O2S. The van der Waals surface area contributed by atoms with Gasteiger partial charge in [0.1, 0.15) is 11.6 Å². The highest BCUT2D eigenvalue weighted by atomic mass is 35.5. The van der Waals surface area contributed by atoms with E-state index in [0.29, 0.717) is 29.9 Å². The Bertz CT molecular complexity index is 939. The number of likely N-dealkylation sites (tertiary alicyclic amines) is 1. The lowest BCUT2D eigenvalue weighted by atomic mass is 10.1. The average molecular weight is 416 g/mol. The minimum atomic E-state index is 0.00106. The van der Waals surface area contributed by atoms with E-state index in [2.05, 4.69) is 22.4 Å². The molecule has 146 valence electrons. The number of nitrogens with zero attached hydrogens (tertiary/aromatic N) is 2. The van der Waals surface area contributed by atoms with Crippen LogP contribution < -0.4 is 10.1 Å². The number of ether oxygens (including phenoxy) is 1. The second-order valence-corrected chi connectivity index (χ2v) is 8.24. The number of amides is 2. The summed E-state index contributed by atoms with van der Waals surface area (Å²) in [4.78, 5) is 18.7. The molecule has 0 unspecified atom stereocenters. The molecule has 1 N–H and O–H groups in total. The fraction of sp³-hybridized carbons (Fsp3) is 0.333. The summed E-state index contributed by atoms with van der Waals surface area (Å²) in [6.45, 7) is 2.02. The van der Waals surface area contributed by atoms with E-state index in [-0.39, 0.29) is 12.1 Å². The monoisotopic (exact) mass is 415 g/mol. The summed E-state index contributed by atoms with van der Waals surface area (Å²) in [7, 11) is 0. The van der Waals surface area contributed by atoms with E-state index in [1.165, 1.54) is 16.9 Å². The van der Waals surface area contributed by atoms with Crippen molar-refractivity contribution in [2.45, 2.75) is 25.4 Å². The van der Waals surface area contributed by atoms with Crippen LogP contribution in [-0.2, 0) is 6.42 Å². The van der Waals surface area contributed by atoms with Crippen LogP contribution in [0.4, 0.5) is 4.79 Å². The maximum Gasteiger partial charge on any atom is 0.317 e. The summed E-state index contributed by atoms with van der Waals surface area (Å²) in [5.41, 5.74) is 2.02. The van der Waals surface area contributed by atoms with Gasteiger partial charge >= 0.3 is 6.03 Å². The highest BCUT2D eigenvalue weighted by Crippen LogP contribution is 2.33. The summed E-state index contributed by atoms with van der Waals surface area (Å²) in [6, 6.07) is 15.9. The molecule has 2 heterocycles. The summed E-state index contributed by atoms with van der Waals surface area (Å²) >= 11 is 7.70. The number of aromatic nitrogens is 1. The van der Waals surface area contributed by atoms with E-state index >= 15 is 0 Å². The molecule has 0 spiro atoms. The molecule has 4 rings (SSSR count). The van der Waals surface area contributed by atoms with Gasteiger partial charge in [0.15, 0.2) is 0 Å². The van der Waals surface area contributed by atoms with Gasteiger partial charge in [-0.05, 0) is 24.1 Å². The van der Waals surface area contributed by atoms with Crippen LogP contribution in [0.5, 0.6) is 5.19 Å². The molecule has 1 aliphatic rings. The molecule has 3 aromatic rings. The second kappa shape index (κ2) is 8.80. The van der Waals surface area contributed by atoms with E-state index in [1.54, 1.807) is 0 Å². The number of rotatable bonds is 5. The van der Waals surface area contributed by atoms with Crippen molar-refractivity contribution < 1.29 is 9.53 Å². The molecule has 1 saturated heterocycles. The van der Waals surface area contributed by atoms with Crippen LogP contribution >= 0.6 is 22.9 Å². The molecule has 0 atom stereocenters. The predicted octanol–water partition coefficient (Wildman–Crippen LogP) is 4.75. The van der Waals surface area contributed by atoms with Gasteiger partial charge in [-0.25, -0.2) is 9.78 Å². The van der Waals surface area contributed by atoms with E-state index in [9.17, 15) is 4.79 Å². The zero-order chi connectivity index (χ0) is 19.3. The number of benzene rings is 2. The Morgan fingerprint density at radius 1 is 1.18 bits per heavy atom. The van der Waals surface area contributed by atoms with Gasteiger partial charge in [0.25, 0.3) is 5.19 Å². The van der Waals surface area contributed by atoms with Crippen molar-refractivity contribution in [1.29, 1.82) is 0 Å². The maximum absolute atomic E-state index is 12.4. The van der Waals surface area contributed by atoms with Crippen molar-refractivity contribution in [1.82, 2.24) is 15.2 Å². The molecule has 7 heteroatoms. The minimum Gasteiger partial charge on any atom is -0.467 e. The van der Waals surface area contributed by atoms with Gasteiger partial charge in [0.05, 0.1) is 9.72 Å². The molecular weight excluding hydrogens is 394 g/mol. The normalized spacial score (nSPS) is 15.0. The first-order chi connectivity index (χ1) is 13.7. The van der Waals surface area contributed by atoms with Crippen molar-refractivity contribution >= 4 is 39.2 Å². The van der Waals surface area contributed by atoms with Gasteiger partial charge in [-0.3, -0.25) is 0 Å². The van der Waals surface area contributed by atoms with Crippen molar-refractivity contribution in [3.05, 3.63) is 59.1 Å². The van der Waals surface area contributed by atoms with Gasteiger partial charge in [-0.15, -0.1) is 0 Å². The largest absolute Gasteiger partial charge is 0.467 e. The smallest absolute Gasteiger partial charge is 0.317 e. The number of hydrogen-bond donors (Lipinski definition) is 1. The van der Waals surface area contributed by atoms with Gasteiger partial charge in [-0.1, -0.05) is 59.3 Å². The van der Waals surface area contributed by atoms with Gasteiger partial charge in [0.2, 0.25) is 0 Å². The van der Waals surface area contributed by atoms with Crippen molar-refractivity contribution in [2.75, 3.05) is 19.6 Å². The van der Waals surface area contributed by atoms with Gasteiger partial charge < -0.3 is 15.0 Å². The van der Waals surface area contributed by atoms with Crippen molar-refractivity contribution in [2.24, 2.45) is 0 Å². The molecule has 0 bridgehead atoms. The van der Waals surface area contributed by atoms with Crippen LogP contribution in [0.3, 0.4) is 0 Å². The third-order valence-electron chi connectivity index (χ3n) is 4.88. The van der Waals surface area contributed by atoms with Gasteiger partial charge in [0, 0.05) is 32.5 Å². The van der Waals surface area contributed by atoms with E-state index in [0.717, 1.165) is 29.5 Å². The minimum absolute atomic E-state index is 0.00106. The van der Waals surface area contributed by atoms with Crippen LogP contribution in [-0.4, -0.2) is 41.7 Å². The number of thiazole rings is 1.